The molecule has 0 bridgehead atoms. The van der Waals surface area contributed by atoms with E-state index in [1.54, 1.807) is 37.3 Å². The Labute approximate surface area is 158 Å². The number of nitrogens with one attached hydrogen (secondary N) is 1. The molecule has 0 aliphatic heterocycles. The van der Waals surface area contributed by atoms with E-state index in [1.165, 1.54) is 6.07 Å². The number of amides is 1. The second-order valence-electron chi connectivity index (χ2n) is 6.06. The van der Waals surface area contributed by atoms with Gasteiger partial charge in [0.25, 0.3) is 5.91 Å². The molecule has 1 aromatic heterocycles. The molecule has 1 N–H and O–H groups in total. The standard InChI is InChI=1S/C20H19N3O3S/c1-3-27(25,26)19-11-10-18(22-23-19)15-7-5-9-17(13-15)21-20(24)16-8-4-6-14(2)12-16/h4-13H,3H2,1-2H3,(H,21,24). The number of aryl methyl sites for hydroxylation is 1. The van der Waals surface area contributed by atoms with E-state index >= 15 is 0 Å². The molecular weight excluding hydrogens is 362 g/mol. The molecule has 0 saturated carbocycles. The molecule has 0 atom stereocenters. The minimum atomic E-state index is -3.39. The summed E-state index contributed by atoms with van der Waals surface area (Å²) in [6.45, 7) is 3.49. The highest BCUT2D eigenvalue weighted by atomic mass is 32.2. The molecule has 3 rings (SSSR count). The molecule has 0 saturated heterocycles. The first kappa shape index (κ1) is 18.7. The van der Waals surface area contributed by atoms with Crippen LogP contribution in [0.3, 0.4) is 0 Å². The van der Waals surface area contributed by atoms with E-state index in [2.05, 4.69) is 15.5 Å². The molecule has 2 aromatic carbocycles. The Kier molecular flexibility index (Phi) is 5.32. The predicted molar refractivity (Wildman–Crippen MR) is 104 cm³/mol. The van der Waals surface area contributed by atoms with E-state index in [-0.39, 0.29) is 16.7 Å². The van der Waals surface area contributed by atoms with Crippen LogP contribution in [0.25, 0.3) is 11.3 Å². The number of hydrogen-bond donors (Lipinski definition) is 1. The number of carbonyl (C=O) groups is 1. The number of hydrogen-bond acceptors (Lipinski definition) is 5. The molecule has 7 heteroatoms. The van der Waals surface area contributed by atoms with Crippen LogP contribution in [-0.4, -0.2) is 30.3 Å². The summed E-state index contributed by atoms with van der Waals surface area (Å²) < 4.78 is 23.7. The van der Waals surface area contributed by atoms with Crippen molar-refractivity contribution in [2.75, 3.05) is 11.1 Å². The van der Waals surface area contributed by atoms with Crippen LogP contribution in [0.1, 0.15) is 22.8 Å². The summed E-state index contributed by atoms with van der Waals surface area (Å²) in [4.78, 5) is 12.4. The Hall–Kier alpha value is -3.06. The molecule has 3 aromatic rings. The van der Waals surface area contributed by atoms with Crippen molar-refractivity contribution >= 4 is 21.4 Å². The van der Waals surface area contributed by atoms with Gasteiger partial charge in [-0.15, -0.1) is 10.2 Å². The van der Waals surface area contributed by atoms with E-state index in [4.69, 9.17) is 0 Å². The first-order valence-corrected chi connectivity index (χ1v) is 10.1. The van der Waals surface area contributed by atoms with Crippen LogP contribution in [0.15, 0.2) is 65.7 Å². The van der Waals surface area contributed by atoms with E-state index < -0.39 is 9.84 Å². The quantitative estimate of drug-likeness (QED) is 0.731. The largest absolute Gasteiger partial charge is 0.322 e. The molecule has 27 heavy (non-hydrogen) atoms. The SMILES string of the molecule is CCS(=O)(=O)c1ccc(-c2cccc(NC(=O)c3cccc(C)c3)c2)nn1. The average molecular weight is 381 g/mol. The second kappa shape index (κ2) is 7.67. The zero-order valence-corrected chi connectivity index (χ0v) is 15.8. The van der Waals surface area contributed by atoms with Gasteiger partial charge in [0, 0.05) is 16.8 Å². The molecule has 1 heterocycles. The molecule has 0 unspecified atom stereocenters. The van der Waals surface area contributed by atoms with Gasteiger partial charge < -0.3 is 5.32 Å². The number of carbonyl (C=O) groups excluding carboxylic acids is 1. The van der Waals surface area contributed by atoms with Gasteiger partial charge in [-0.2, -0.15) is 0 Å². The Bertz CT molecular complexity index is 1080. The number of sulfone groups is 1. The highest BCUT2D eigenvalue weighted by Gasteiger charge is 2.14. The van der Waals surface area contributed by atoms with Crippen LogP contribution in [0, 0.1) is 6.92 Å². The van der Waals surface area contributed by atoms with Crippen molar-refractivity contribution in [3.63, 3.8) is 0 Å². The maximum Gasteiger partial charge on any atom is 0.255 e. The topological polar surface area (TPSA) is 89.0 Å². The summed E-state index contributed by atoms with van der Waals surface area (Å²) in [6.07, 6.45) is 0. The van der Waals surface area contributed by atoms with Gasteiger partial charge in [0.05, 0.1) is 11.4 Å². The third-order valence-corrected chi connectivity index (χ3v) is 5.65. The van der Waals surface area contributed by atoms with Gasteiger partial charge in [0.15, 0.2) is 14.9 Å². The molecular formula is C20H19N3O3S. The summed E-state index contributed by atoms with van der Waals surface area (Å²) in [5.41, 5.74) is 3.45. The Morgan fingerprint density at radius 2 is 1.78 bits per heavy atom. The number of aromatic nitrogens is 2. The summed E-state index contributed by atoms with van der Waals surface area (Å²) in [7, 11) is -3.39. The first-order chi connectivity index (χ1) is 12.9. The van der Waals surface area contributed by atoms with Crippen molar-refractivity contribution in [3.05, 3.63) is 71.8 Å². The molecule has 1 amide bonds. The molecule has 0 fully saturated rings. The minimum absolute atomic E-state index is 0.0263. The summed E-state index contributed by atoms with van der Waals surface area (Å²) >= 11 is 0. The Morgan fingerprint density at radius 3 is 2.44 bits per heavy atom. The van der Waals surface area contributed by atoms with Crippen molar-refractivity contribution in [2.45, 2.75) is 18.9 Å². The molecule has 6 nitrogen and oxygen atoms in total. The van der Waals surface area contributed by atoms with Gasteiger partial charge in [-0.25, -0.2) is 8.42 Å². The zero-order valence-electron chi connectivity index (χ0n) is 15.0. The van der Waals surface area contributed by atoms with Crippen LogP contribution < -0.4 is 5.32 Å². The summed E-state index contributed by atoms with van der Waals surface area (Å²) in [5, 5.41) is 10.6. The predicted octanol–water partition coefficient (Wildman–Crippen LogP) is 3.50. The monoisotopic (exact) mass is 381 g/mol. The number of benzene rings is 2. The summed E-state index contributed by atoms with van der Waals surface area (Å²) in [5.74, 6) is -0.229. The fourth-order valence-electron chi connectivity index (χ4n) is 2.53. The van der Waals surface area contributed by atoms with Gasteiger partial charge in [0.1, 0.15) is 0 Å². The van der Waals surface area contributed by atoms with Gasteiger partial charge in [-0.1, -0.05) is 36.8 Å². The Balaban J connectivity index is 1.82. The van der Waals surface area contributed by atoms with Crippen LogP contribution in [0.2, 0.25) is 0 Å². The number of anilines is 1. The second-order valence-corrected chi connectivity index (χ2v) is 8.29. The fraction of sp³-hybridized carbons (Fsp3) is 0.150. The van der Waals surface area contributed by atoms with E-state index in [0.717, 1.165) is 11.1 Å². The van der Waals surface area contributed by atoms with Crippen molar-refractivity contribution < 1.29 is 13.2 Å². The lowest BCUT2D eigenvalue weighted by molar-refractivity contribution is 0.102. The lowest BCUT2D eigenvalue weighted by Gasteiger charge is -2.08. The molecule has 0 radical (unpaired) electrons. The zero-order chi connectivity index (χ0) is 19.4. The third-order valence-electron chi connectivity index (χ3n) is 4.04. The van der Waals surface area contributed by atoms with Crippen LogP contribution in [-0.2, 0) is 9.84 Å². The lowest BCUT2D eigenvalue weighted by Crippen LogP contribution is -2.12. The normalized spacial score (nSPS) is 11.2. The molecule has 0 aliphatic carbocycles. The summed E-state index contributed by atoms with van der Waals surface area (Å²) in [6, 6.07) is 17.5. The van der Waals surface area contributed by atoms with Gasteiger partial charge >= 0.3 is 0 Å². The maximum atomic E-state index is 12.4. The fourth-order valence-corrected chi connectivity index (χ4v) is 3.27. The van der Waals surface area contributed by atoms with E-state index in [0.29, 0.717) is 16.9 Å². The number of rotatable bonds is 5. The lowest BCUT2D eigenvalue weighted by atomic mass is 10.1. The van der Waals surface area contributed by atoms with Crippen molar-refractivity contribution in [2.24, 2.45) is 0 Å². The maximum absolute atomic E-state index is 12.4. The molecule has 0 aliphatic rings. The van der Waals surface area contributed by atoms with Crippen LogP contribution >= 0.6 is 0 Å². The van der Waals surface area contributed by atoms with E-state index in [1.807, 2.05) is 31.2 Å². The highest BCUT2D eigenvalue weighted by molar-refractivity contribution is 7.91. The smallest absolute Gasteiger partial charge is 0.255 e. The van der Waals surface area contributed by atoms with Crippen LogP contribution in [0.5, 0.6) is 0 Å². The first-order valence-electron chi connectivity index (χ1n) is 8.44. The van der Waals surface area contributed by atoms with Gasteiger partial charge in [0.2, 0.25) is 0 Å². The van der Waals surface area contributed by atoms with Crippen molar-refractivity contribution in [3.8, 4) is 11.3 Å². The molecule has 0 spiro atoms. The third kappa shape index (κ3) is 4.38. The van der Waals surface area contributed by atoms with Crippen molar-refractivity contribution in [1.82, 2.24) is 10.2 Å². The highest BCUT2D eigenvalue weighted by Crippen LogP contribution is 2.22. The molecule has 138 valence electrons. The van der Waals surface area contributed by atoms with E-state index in [9.17, 15) is 13.2 Å². The number of nitrogens with zero attached hydrogens (tertiary/aromatic N) is 2. The van der Waals surface area contributed by atoms with Gasteiger partial charge in [-0.3, -0.25) is 4.79 Å². The minimum Gasteiger partial charge on any atom is -0.322 e. The van der Waals surface area contributed by atoms with Crippen molar-refractivity contribution in [1.29, 1.82) is 0 Å². The van der Waals surface area contributed by atoms with Crippen LogP contribution in [0.4, 0.5) is 5.69 Å². The average Bonchev–Trinajstić information content (AvgIpc) is 2.68. The Morgan fingerprint density at radius 1 is 1.00 bits per heavy atom. The van der Waals surface area contributed by atoms with Gasteiger partial charge in [-0.05, 0) is 43.3 Å².